The Morgan fingerprint density at radius 3 is 2.39 bits per heavy atom. The van der Waals surface area contributed by atoms with Crippen molar-refractivity contribution in [2.75, 3.05) is 16.8 Å². The molecule has 0 atom stereocenters. The van der Waals surface area contributed by atoms with E-state index in [4.69, 9.17) is 4.74 Å². The zero-order valence-electron chi connectivity index (χ0n) is 11.8. The maximum Gasteiger partial charge on any atom is 3.00 e. The van der Waals surface area contributed by atoms with Crippen LogP contribution < -0.4 is 15.0 Å². The minimum absolute atomic E-state index is 0. The summed E-state index contributed by atoms with van der Waals surface area (Å²) in [6.07, 6.45) is 0. The fourth-order valence-electron chi connectivity index (χ4n) is 2.55. The van der Waals surface area contributed by atoms with Gasteiger partial charge in [0, 0.05) is 5.75 Å². The molecule has 2 aromatic carbocycles. The Balaban J connectivity index is 0.00000156. The molecule has 0 spiro atoms. The number of anilines is 2. The number of rotatable bonds is 1. The number of carbonyl (C=O) groups is 3. The van der Waals surface area contributed by atoms with E-state index in [2.05, 4.69) is 11.4 Å². The third-order valence-electron chi connectivity index (χ3n) is 3.57. The van der Waals surface area contributed by atoms with Crippen LogP contribution in [0, 0.1) is 6.07 Å². The first-order valence-corrected chi connectivity index (χ1v) is 6.61. The Hall–Kier alpha value is -2.05. The van der Waals surface area contributed by atoms with Crippen LogP contribution in [0.4, 0.5) is 11.4 Å². The van der Waals surface area contributed by atoms with Gasteiger partial charge in [0.25, 0.3) is 17.7 Å². The van der Waals surface area contributed by atoms with Crippen LogP contribution in [-0.4, -0.2) is 24.3 Å². The standard InChI is InChI=1S/C16H9N2O4.Y/c19-14-8-22-13-6-5-9(7-12(13)17-14)18-15(20)10-3-1-2-4-11(10)16(18)21;/h1-4,6-7H,8H2,(H,17,19);/q-1;+3. The topological polar surface area (TPSA) is 75.7 Å². The molecule has 23 heavy (non-hydrogen) atoms. The summed E-state index contributed by atoms with van der Waals surface area (Å²) in [5.41, 5.74) is 1.41. The van der Waals surface area contributed by atoms with E-state index in [1.807, 2.05) is 0 Å². The monoisotopic (exact) mass is 382 g/mol. The first-order valence-electron chi connectivity index (χ1n) is 6.61. The normalized spacial score (nSPS) is 15.3. The van der Waals surface area contributed by atoms with Gasteiger partial charge in [-0.3, -0.25) is 19.3 Å². The molecule has 3 amide bonds. The second-order valence-corrected chi connectivity index (χ2v) is 4.92. The van der Waals surface area contributed by atoms with Crippen molar-refractivity contribution in [2.24, 2.45) is 0 Å². The van der Waals surface area contributed by atoms with Gasteiger partial charge in [-0.25, -0.2) is 0 Å². The molecule has 0 fully saturated rings. The van der Waals surface area contributed by atoms with Crippen molar-refractivity contribution in [1.82, 2.24) is 0 Å². The number of nitrogens with one attached hydrogen (secondary N) is 1. The molecule has 6 nitrogen and oxygen atoms in total. The third-order valence-corrected chi connectivity index (χ3v) is 3.57. The molecular weight excluding hydrogens is 373 g/mol. The van der Waals surface area contributed by atoms with Crippen molar-refractivity contribution in [3.05, 3.63) is 53.6 Å². The molecule has 0 unspecified atom stereocenters. The summed E-state index contributed by atoms with van der Waals surface area (Å²) in [6, 6.07) is 12.5. The van der Waals surface area contributed by atoms with Crippen LogP contribution in [0.2, 0.25) is 0 Å². The van der Waals surface area contributed by atoms with Crippen molar-refractivity contribution in [3.8, 4) is 5.75 Å². The number of hydrogen-bond acceptors (Lipinski definition) is 4. The summed E-state index contributed by atoms with van der Waals surface area (Å²) in [7, 11) is 0. The number of imide groups is 1. The molecule has 0 aliphatic carbocycles. The predicted octanol–water partition coefficient (Wildman–Crippen LogP) is 1.62. The number of benzene rings is 2. The van der Waals surface area contributed by atoms with Crippen molar-refractivity contribution in [2.45, 2.75) is 0 Å². The SMILES string of the molecule is O=C1COc2c[c-]c(N3C(=O)c4ccccc4C3=O)cc2N1.[Y+3]. The second kappa shape index (κ2) is 5.87. The number of hydrogen-bond donors (Lipinski definition) is 1. The van der Waals surface area contributed by atoms with Gasteiger partial charge in [-0.1, -0.05) is 17.8 Å². The van der Waals surface area contributed by atoms with Crippen LogP contribution in [0.3, 0.4) is 0 Å². The van der Waals surface area contributed by atoms with Crippen LogP contribution in [0.15, 0.2) is 36.4 Å². The molecule has 2 aliphatic heterocycles. The van der Waals surface area contributed by atoms with E-state index in [-0.39, 0.29) is 50.9 Å². The van der Waals surface area contributed by atoms with Crippen LogP contribution in [0.5, 0.6) is 5.75 Å². The molecule has 0 aromatic heterocycles. The van der Waals surface area contributed by atoms with E-state index in [0.717, 1.165) is 4.90 Å². The van der Waals surface area contributed by atoms with Crippen molar-refractivity contribution < 1.29 is 51.8 Å². The largest absolute Gasteiger partial charge is 3.00 e. The zero-order valence-corrected chi connectivity index (χ0v) is 14.7. The van der Waals surface area contributed by atoms with E-state index in [0.29, 0.717) is 22.6 Å². The Morgan fingerprint density at radius 2 is 1.74 bits per heavy atom. The van der Waals surface area contributed by atoms with Gasteiger partial charge in [0.2, 0.25) is 0 Å². The predicted molar refractivity (Wildman–Crippen MR) is 77.0 cm³/mol. The number of amides is 3. The Bertz CT molecular complexity index is 815. The fraction of sp³-hybridized carbons (Fsp3) is 0.0625. The van der Waals surface area contributed by atoms with E-state index in [1.54, 1.807) is 24.3 Å². The molecule has 0 bridgehead atoms. The average molecular weight is 382 g/mol. The third kappa shape index (κ3) is 2.48. The quantitative estimate of drug-likeness (QED) is 0.601. The van der Waals surface area contributed by atoms with Crippen LogP contribution >= 0.6 is 0 Å². The molecule has 108 valence electrons. The number of nitrogens with zero attached hydrogens (tertiary/aromatic N) is 1. The van der Waals surface area contributed by atoms with Gasteiger partial charge in [-0.05, 0) is 17.8 Å². The number of ether oxygens (including phenoxy) is 1. The molecular formula is C16H9N2O4Y+2. The molecule has 0 radical (unpaired) electrons. The Morgan fingerprint density at radius 1 is 1.09 bits per heavy atom. The maximum absolute atomic E-state index is 12.4. The van der Waals surface area contributed by atoms with Gasteiger partial charge in [0.05, 0.1) is 11.1 Å². The molecule has 0 saturated carbocycles. The van der Waals surface area contributed by atoms with Crippen LogP contribution in [0.1, 0.15) is 20.7 Å². The first kappa shape index (κ1) is 15.8. The van der Waals surface area contributed by atoms with Crippen LogP contribution in [0.25, 0.3) is 0 Å². The number of fused-ring (bicyclic) bond motifs is 2. The second-order valence-electron chi connectivity index (χ2n) is 4.92. The first-order chi connectivity index (χ1) is 10.6. The van der Waals surface area contributed by atoms with E-state index in [1.165, 1.54) is 12.1 Å². The number of carbonyl (C=O) groups excluding carboxylic acids is 3. The average Bonchev–Trinajstić information content (AvgIpc) is 2.79. The van der Waals surface area contributed by atoms with E-state index >= 15 is 0 Å². The van der Waals surface area contributed by atoms with E-state index < -0.39 is 11.8 Å². The Labute approximate surface area is 156 Å². The summed E-state index contributed by atoms with van der Waals surface area (Å²) < 4.78 is 5.24. The van der Waals surface area contributed by atoms with Gasteiger partial charge in [0.1, 0.15) is 0 Å². The van der Waals surface area contributed by atoms with Gasteiger partial charge in [0.15, 0.2) is 6.61 Å². The molecule has 4 rings (SSSR count). The summed E-state index contributed by atoms with van der Waals surface area (Å²) in [4.78, 5) is 37.2. The fourth-order valence-corrected chi connectivity index (χ4v) is 2.55. The summed E-state index contributed by atoms with van der Waals surface area (Å²) in [5, 5.41) is 2.64. The molecule has 2 aliphatic rings. The summed E-state index contributed by atoms with van der Waals surface area (Å²) >= 11 is 0. The minimum atomic E-state index is -0.403. The van der Waals surface area contributed by atoms with Gasteiger partial charge in [-0.15, -0.1) is 12.1 Å². The molecule has 0 saturated heterocycles. The van der Waals surface area contributed by atoms with Crippen molar-refractivity contribution in [1.29, 1.82) is 0 Å². The minimum Gasteiger partial charge on any atom is -0.540 e. The Kier molecular flexibility index (Phi) is 4.04. The summed E-state index contributed by atoms with van der Waals surface area (Å²) in [6.45, 7) is -0.0623. The molecule has 7 heteroatoms. The van der Waals surface area contributed by atoms with Gasteiger partial charge >= 0.3 is 32.7 Å². The molecule has 2 aromatic rings. The molecule has 1 N–H and O–H groups in total. The molecule has 2 heterocycles. The van der Waals surface area contributed by atoms with Gasteiger partial charge in [-0.2, -0.15) is 6.07 Å². The zero-order chi connectivity index (χ0) is 15.3. The van der Waals surface area contributed by atoms with Crippen molar-refractivity contribution in [3.63, 3.8) is 0 Å². The maximum atomic E-state index is 12.4. The van der Waals surface area contributed by atoms with Crippen LogP contribution in [-0.2, 0) is 37.5 Å². The smallest absolute Gasteiger partial charge is 0.540 e. The van der Waals surface area contributed by atoms with Gasteiger partial charge < -0.3 is 10.1 Å². The summed E-state index contributed by atoms with van der Waals surface area (Å²) in [5.74, 6) is -0.633. The van der Waals surface area contributed by atoms with E-state index in [9.17, 15) is 14.4 Å². The van der Waals surface area contributed by atoms with Crippen molar-refractivity contribution >= 4 is 29.1 Å².